The van der Waals surface area contributed by atoms with Crippen molar-refractivity contribution >= 4 is 44.9 Å². The van der Waals surface area contributed by atoms with E-state index < -0.39 is 6.04 Å². The standard InChI is InChI=1S/C27H22BrN3O3S/c1-15-6-4-5-7-20(15)30-25(32)23-17(3)29-27-31(24(23)21-13-8-16(2)34-21)26(33)22(35-27)14-18-9-11-19(28)12-10-18/h4-14,24H,1-3H3,(H,30,32)/b22-14+. The maximum atomic E-state index is 13.6. The molecule has 0 aliphatic carbocycles. The second-order valence-corrected chi connectivity index (χ2v) is 10.3. The van der Waals surface area contributed by atoms with Gasteiger partial charge in [0.1, 0.15) is 17.6 Å². The first kappa shape index (κ1) is 23.3. The van der Waals surface area contributed by atoms with Crippen molar-refractivity contribution in [3.8, 4) is 0 Å². The van der Waals surface area contributed by atoms with Crippen LogP contribution in [-0.2, 0) is 4.79 Å². The van der Waals surface area contributed by atoms with Crippen LogP contribution in [0.15, 0.2) is 90.6 Å². The molecule has 1 aliphatic rings. The fraction of sp³-hybridized carbons (Fsp3) is 0.148. The van der Waals surface area contributed by atoms with Crippen LogP contribution in [0.2, 0.25) is 0 Å². The highest BCUT2D eigenvalue weighted by Gasteiger charge is 2.34. The number of nitrogens with zero attached hydrogens (tertiary/aromatic N) is 2. The van der Waals surface area contributed by atoms with Crippen LogP contribution in [0.25, 0.3) is 6.08 Å². The van der Waals surface area contributed by atoms with E-state index in [1.165, 1.54) is 11.3 Å². The third kappa shape index (κ3) is 4.47. The van der Waals surface area contributed by atoms with Crippen molar-refractivity contribution in [2.45, 2.75) is 26.8 Å². The summed E-state index contributed by atoms with van der Waals surface area (Å²) in [6.07, 6.45) is 1.84. The first-order valence-electron chi connectivity index (χ1n) is 11.0. The fourth-order valence-electron chi connectivity index (χ4n) is 4.09. The van der Waals surface area contributed by atoms with Gasteiger partial charge in [-0.3, -0.25) is 14.2 Å². The molecule has 1 unspecified atom stereocenters. The van der Waals surface area contributed by atoms with Gasteiger partial charge in [-0.25, -0.2) is 4.99 Å². The van der Waals surface area contributed by atoms with Gasteiger partial charge >= 0.3 is 0 Å². The van der Waals surface area contributed by atoms with E-state index in [9.17, 15) is 9.59 Å². The topological polar surface area (TPSA) is 76.6 Å². The fourth-order valence-corrected chi connectivity index (χ4v) is 5.41. The van der Waals surface area contributed by atoms with Crippen LogP contribution in [0, 0.1) is 13.8 Å². The van der Waals surface area contributed by atoms with Gasteiger partial charge in [0.2, 0.25) is 0 Å². The molecule has 5 rings (SSSR count). The molecule has 4 aromatic rings. The zero-order valence-electron chi connectivity index (χ0n) is 19.3. The van der Waals surface area contributed by atoms with E-state index in [1.54, 1.807) is 11.5 Å². The molecule has 0 saturated heterocycles. The Balaban J connectivity index is 1.66. The number of halogens is 1. The Labute approximate surface area is 214 Å². The van der Waals surface area contributed by atoms with E-state index in [0.29, 0.717) is 37.8 Å². The minimum atomic E-state index is -0.726. The number of para-hydroxylation sites is 1. The molecule has 1 N–H and O–H groups in total. The molecule has 2 aromatic heterocycles. The summed E-state index contributed by atoms with van der Waals surface area (Å²) in [6.45, 7) is 5.56. The lowest BCUT2D eigenvalue weighted by molar-refractivity contribution is -0.113. The van der Waals surface area contributed by atoms with Crippen molar-refractivity contribution in [1.29, 1.82) is 0 Å². The Morgan fingerprint density at radius 3 is 2.51 bits per heavy atom. The summed E-state index contributed by atoms with van der Waals surface area (Å²) in [4.78, 5) is 32.4. The molecule has 0 radical (unpaired) electrons. The number of rotatable bonds is 4. The molecule has 1 aliphatic heterocycles. The monoisotopic (exact) mass is 547 g/mol. The number of furan rings is 1. The molecule has 1 amide bonds. The number of aromatic nitrogens is 1. The Kier molecular flexibility index (Phi) is 6.17. The summed E-state index contributed by atoms with van der Waals surface area (Å²) >= 11 is 4.74. The highest BCUT2D eigenvalue weighted by Crippen LogP contribution is 2.32. The van der Waals surface area contributed by atoms with Crippen molar-refractivity contribution < 1.29 is 9.21 Å². The van der Waals surface area contributed by atoms with Gasteiger partial charge in [0.25, 0.3) is 11.5 Å². The number of carbonyl (C=O) groups is 1. The van der Waals surface area contributed by atoms with Gasteiger partial charge in [0, 0.05) is 10.2 Å². The van der Waals surface area contributed by atoms with Gasteiger partial charge in [0.15, 0.2) is 4.80 Å². The average Bonchev–Trinajstić information content (AvgIpc) is 3.39. The quantitative estimate of drug-likeness (QED) is 0.397. The number of aryl methyl sites for hydroxylation is 2. The summed E-state index contributed by atoms with van der Waals surface area (Å²) in [5.41, 5.74) is 3.26. The van der Waals surface area contributed by atoms with E-state index >= 15 is 0 Å². The molecule has 0 saturated carbocycles. The normalized spacial score (nSPS) is 15.7. The molecule has 8 heteroatoms. The SMILES string of the molecule is CC1=C(C(=O)Nc2ccccc2C)C(c2ccc(C)o2)n2c(s/c(=C/c3ccc(Br)cc3)c2=O)=N1. The number of benzene rings is 2. The van der Waals surface area contributed by atoms with Gasteiger partial charge in [-0.15, -0.1) is 0 Å². The Bertz CT molecular complexity index is 1660. The maximum Gasteiger partial charge on any atom is 0.271 e. The molecule has 0 spiro atoms. The van der Waals surface area contributed by atoms with Crippen LogP contribution in [0.3, 0.4) is 0 Å². The first-order valence-corrected chi connectivity index (χ1v) is 12.6. The number of nitrogens with one attached hydrogen (secondary N) is 1. The Hall–Kier alpha value is -3.49. The van der Waals surface area contributed by atoms with Crippen LogP contribution in [0.5, 0.6) is 0 Å². The van der Waals surface area contributed by atoms with Crippen molar-refractivity contribution in [3.05, 3.63) is 119 Å². The third-order valence-corrected chi connectivity index (χ3v) is 7.37. The number of carbonyl (C=O) groups excluding carboxylic acids is 1. The number of hydrogen-bond donors (Lipinski definition) is 1. The predicted octanol–water partition coefficient (Wildman–Crippen LogP) is 4.85. The van der Waals surface area contributed by atoms with Crippen LogP contribution in [0.4, 0.5) is 5.69 Å². The molecule has 0 fully saturated rings. The van der Waals surface area contributed by atoms with E-state index in [4.69, 9.17) is 4.42 Å². The summed E-state index contributed by atoms with van der Waals surface area (Å²) in [5, 5.41) is 3.00. The second kappa shape index (κ2) is 9.28. The molecule has 6 nitrogen and oxygen atoms in total. The first-order chi connectivity index (χ1) is 16.8. The van der Waals surface area contributed by atoms with Gasteiger partial charge < -0.3 is 9.73 Å². The highest BCUT2D eigenvalue weighted by molar-refractivity contribution is 9.10. The zero-order chi connectivity index (χ0) is 24.7. The average molecular weight is 548 g/mol. The predicted molar refractivity (Wildman–Crippen MR) is 141 cm³/mol. The molecule has 3 heterocycles. The molecule has 1 atom stereocenters. The van der Waals surface area contributed by atoms with Crippen molar-refractivity contribution in [3.63, 3.8) is 0 Å². The van der Waals surface area contributed by atoms with E-state index in [0.717, 1.165) is 15.6 Å². The highest BCUT2D eigenvalue weighted by atomic mass is 79.9. The number of anilines is 1. The molecular weight excluding hydrogens is 526 g/mol. The lowest BCUT2D eigenvalue weighted by Crippen LogP contribution is -2.40. The molecule has 2 aromatic carbocycles. The van der Waals surface area contributed by atoms with E-state index in [-0.39, 0.29) is 11.5 Å². The number of amides is 1. The minimum absolute atomic E-state index is 0.218. The molecular formula is C27H22BrN3O3S. The van der Waals surface area contributed by atoms with Crippen molar-refractivity contribution in [2.24, 2.45) is 4.99 Å². The summed E-state index contributed by atoms with van der Waals surface area (Å²) in [6, 6.07) is 18.2. The maximum absolute atomic E-state index is 13.6. The Morgan fingerprint density at radius 1 is 1.09 bits per heavy atom. The van der Waals surface area contributed by atoms with Gasteiger partial charge in [-0.2, -0.15) is 0 Å². The van der Waals surface area contributed by atoms with Crippen LogP contribution >= 0.6 is 27.3 Å². The summed E-state index contributed by atoms with van der Waals surface area (Å²) < 4.78 is 9.01. The lowest BCUT2D eigenvalue weighted by Gasteiger charge is -2.23. The minimum Gasteiger partial charge on any atom is -0.464 e. The Morgan fingerprint density at radius 2 is 1.83 bits per heavy atom. The molecule has 176 valence electrons. The third-order valence-electron chi connectivity index (χ3n) is 5.86. The van der Waals surface area contributed by atoms with Gasteiger partial charge in [-0.1, -0.05) is 57.6 Å². The van der Waals surface area contributed by atoms with E-state index in [1.807, 2.05) is 80.6 Å². The molecule has 35 heavy (non-hydrogen) atoms. The zero-order valence-corrected chi connectivity index (χ0v) is 21.7. The van der Waals surface area contributed by atoms with Crippen LogP contribution in [0.1, 0.15) is 35.6 Å². The number of thiazole rings is 1. The lowest BCUT2D eigenvalue weighted by atomic mass is 10.00. The van der Waals surface area contributed by atoms with E-state index in [2.05, 4.69) is 26.2 Å². The smallest absolute Gasteiger partial charge is 0.271 e. The molecule has 0 bridgehead atoms. The second-order valence-electron chi connectivity index (χ2n) is 8.35. The summed E-state index contributed by atoms with van der Waals surface area (Å²) in [7, 11) is 0. The number of fused-ring (bicyclic) bond motifs is 1. The number of hydrogen-bond acceptors (Lipinski definition) is 5. The van der Waals surface area contributed by atoms with Crippen LogP contribution < -0.4 is 20.2 Å². The number of allylic oxidation sites excluding steroid dienone is 1. The van der Waals surface area contributed by atoms with Gasteiger partial charge in [0.05, 0.1) is 15.8 Å². The summed E-state index contributed by atoms with van der Waals surface area (Å²) in [5.74, 6) is 0.898. The van der Waals surface area contributed by atoms with Crippen molar-refractivity contribution in [2.75, 3.05) is 5.32 Å². The van der Waals surface area contributed by atoms with Crippen LogP contribution in [-0.4, -0.2) is 10.5 Å². The largest absolute Gasteiger partial charge is 0.464 e. The van der Waals surface area contributed by atoms with Crippen molar-refractivity contribution in [1.82, 2.24) is 4.57 Å². The van der Waals surface area contributed by atoms with Gasteiger partial charge in [-0.05, 0) is 68.3 Å².